The lowest BCUT2D eigenvalue weighted by Gasteiger charge is -2.11. The normalized spacial score (nSPS) is 11.8. The zero-order valence-corrected chi connectivity index (χ0v) is 12.0. The second-order valence-electron chi connectivity index (χ2n) is 5.10. The van der Waals surface area contributed by atoms with Crippen LogP contribution in [0.5, 0.6) is 0 Å². The summed E-state index contributed by atoms with van der Waals surface area (Å²) in [6.07, 6.45) is 0. The molecule has 3 nitrogen and oxygen atoms in total. The highest BCUT2D eigenvalue weighted by atomic mass is 79.9. The average Bonchev–Trinajstić information content (AvgIpc) is 2.70. The Morgan fingerprint density at radius 1 is 1.18 bits per heavy atom. The SMILES string of the molecule is Cc1cccc(-c2nnc(C(C)(C)C)o2)c1Br. The van der Waals surface area contributed by atoms with Crippen molar-refractivity contribution in [3.8, 4) is 11.5 Å². The molecule has 0 spiro atoms. The summed E-state index contributed by atoms with van der Waals surface area (Å²) < 4.78 is 6.72. The van der Waals surface area contributed by atoms with E-state index in [1.54, 1.807) is 0 Å². The minimum Gasteiger partial charge on any atom is -0.420 e. The molecule has 0 saturated carbocycles. The third-order valence-corrected chi connectivity index (χ3v) is 3.54. The number of aromatic nitrogens is 2. The Labute approximate surface area is 109 Å². The highest BCUT2D eigenvalue weighted by Gasteiger charge is 2.22. The number of aryl methyl sites for hydroxylation is 1. The fraction of sp³-hybridized carbons (Fsp3) is 0.385. The predicted molar refractivity (Wildman–Crippen MR) is 70.9 cm³/mol. The maximum atomic E-state index is 5.72. The number of hydrogen-bond acceptors (Lipinski definition) is 3. The quantitative estimate of drug-likeness (QED) is 0.795. The Morgan fingerprint density at radius 3 is 2.47 bits per heavy atom. The molecule has 0 unspecified atom stereocenters. The zero-order valence-electron chi connectivity index (χ0n) is 10.4. The van der Waals surface area contributed by atoms with Crippen LogP contribution in [0.2, 0.25) is 0 Å². The molecule has 0 bridgehead atoms. The summed E-state index contributed by atoms with van der Waals surface area (Å²) in [5.41, 5.74) is 1.97. The van der Waals surface area contributed by atoms with Crippen molar-refractivity contribution in [2.24, 2.45) is 0 Å². The number of halogens is 1. The van der Waals surface area contributed by atoms with Gasteiger partial charge in [0.2, 0.25) is 11.8 Å². The lowest BCUT2D eigenvalue weighted by molar-refractivity contribution is 0.399. The van der Waals surface area contributed by atoms with Crippen molar-refractivity contribution in [2.75, 3.05) is 0 Å². The van der Waals surface area contributed by atoms with Crippen LogP contribution in [0.25, 0.3) is 11.5 Å². The average molecular weight is 295 g/mol. The number of hydrogen-bond donors (Lipinski definition) is 0. The van der Waals surface area contributed by atoms with Crippen LogP contribution in [0.15, 0.2) is 27.1 Å². The molecule has 0 aliphatic heterocycles. The Kier molecular flexibility index (Phi) is 3.08. The molecule has 4 heteroatoms. The lowest BCUT2D eigenvalue weighted by Crippen LogP contribution is -2.11. The van der Waals surface area contributed by atoms with Crippen LogP contribution in [0.4, 0.5) is 0 Å². The molecule has 0 radical (unpaired) electrons. The molecule has 2 aromatic rings. The molecule has 0 atom stereocenters. The summed E-state index contributed by atoms with van der Waals surface area (Å²) in [5.74, 6) is 1.21. The van der Waals surface area contributed by atoms with Gasteiger partial charge in [0.1, 0.15) is 0 Å². The topological polar surface area (TPSA) is 38.9 Å². The first kappa shape index (κ1) is 12.3. The van der Waals surface area contributed by atoms with Crippen molar-refractivity contribution in [1.29, 1.82) is 0 Å². The molecule has 0 aliphatic carbocycles. The molecule has 0 amide bonds. The van der Waals surface area contributed by atoms with Gasteiger partial charge in [-0.2, -0.15) is 0 Å². The molecule has 0 saturated heterocycles. The highest BCUT2D eigenvalue weighted by molar-refractivity contribution is 9.10. The Bertz CT molecular complexity index is 541. The van der Waals surface area contributed by atoms with E-state index in [-0.39, 0.29) is 5.41 Å². The highest BCUT2D eigenvalue weighted by Crippen LogP contribution is 2.31. The van der Waals surface area contributed by atoms with Gasteiger partial charge in [-0.25, -0.2) is 0 Å². The number of benzene rings is 1. The van der Waals surface area contributed by atoms with Crippen molar-refractivity contribution in [3.63, 3.8) is 0 Å². The van der Waals surface area contributed by atoms with E-state index >= 15 is 0 Å². The van der Waals surface area contributed by atoms with Gasteiger partial charge in [0, 0.05) is 9.89 Å². The zero-order chi connectivity index (χ0) is 12.6. The van der Waals surface area contributed by atoms with Gasteiger partial charge >= 0.3 is 0 Å². The standard InChI is InChI=1S/C13H15BrN2O/c1-8-6-5-7-9(10(8)14)11-15-16-12(17-11)13(2,3)4/h5-7H,1-4H3. The van der Waals surface area contributed by atoms with Gasteiger partial charge in [-0.3, -0.25) is 0 Å². The molecule has 90 valence electrons. The molecule has 0 N–H and O–H groups in total. The van der Waals surface area contributed by atoms with E-state index < -0.39 is 0 Å². The molecular formula is C13H15BrN2O. The van der Waals surface area contributed by atoms with E-state index in [4.69, 9.17) is 4.42 Å². The number of rotatable bonds is 1. The van der Waals surface area contributed by atoms with Crippen LogP contribution >= 0.6 is 15.9 Å². The molecule has 17 heavy (non-hydrogen) atoms. The second kappa shape index (κ2) is 4.26. The van der Waals surface area contributed by atoms with Gasteiger partial charge in [0.25, 0.3) is 0 Å². The number of nitrogens with zero attached hydrogens (tertiary/aromatic N) is 2. The fourth-order valence-electron chi connectivity index (χ4n) is 1.45. The smallest absolute Gasteiger partial charge is 0.248 e. The van der Waals surface area contributed by atoms with Gasteiger partial charge in [-0.15, -0.1) is 10.2 Å². The van der Waals surface area contributed by atoms with Gasteiger partial charge < -0.3 is 4.42 Å². The van der Waals surface area contributed by atoms with Gasteiger partial charge in [-0.1, -0.05) is 32.9 Å². The van der Waals surface area contributed by atoms with Crippen LogP contribution in [0.1, 0.15) is 32.2 Å². The van der Waals surface area contributed by atoms with Crippen LogP contribution < -0.4 is 0 Å². The monoisotopic (exact) mass is 294 g/mol. The van der Waals surface area contributed by atoms with E-state index in [0.29, 0.717) is 11.8 Å². The van der Waals surface area contributed by atoms with E-state index in [1.807, 2.05) is 25.1 Å². The second-order valence-corrected chi connectivity index (χ2v) is 5.89. The van der Waals surface area contributed by atoms with Crippen LogP contribution in [0.3, 0.4) is 0 Å². The van der Waals surface area contributed by atoms with Gasteiger partial charge in [-0.05, 0) is 34.5 Å². The molecule has 0 aliphatic rings. The lowest BCUT2D eigenvalue weighted by atomic mass is 9.97. The first-order valence-electron chi connectivity index (χ1n) is 5.49. The largest absolute Gasteiger partial charge is 0.420 e. The molecule has 1 aromatic heterocycles. The van der Waals surface area contributed by atoms with E-state index in [1.165, 1.54) is 0 Å². The van der Waals surface area contributed by atoms with E-state index in [0.717, 1.165) is 15.6 Å². The summed E-state index contributed by atoms with van der Waals surface area (Å²) >= 11 is 3.55. The van der Waals surface area contributed by atoms with Crippen molar-refractivity contribution < 1.29 is 4.42 Å². The first-order valence-corrected chi connectivity index (χ1v) is 6.28. The van der Waals surface area contributed by atoms with Crippen LogP contribution in [0, 0.1) is 6.92 Å². The van der Waals surface area contributed by atoms with Crippen LogP contribution in [-0.4, -0.2) is 10.2 Å². The third kappa shape index (κ3) is 2.41. The van der Waals surface area contributed by atoms with Crippen LogP contribution in [-0.2, 0) is 5.41 Å². The Balaban J connectivity index is 2.48. The van der Waals surface area contributed by atoms with Crippen molar-refractivity contribution >= 4 is 15.9 Å². The summed E-state index contributed by atoms with van der Waals surface area (Å²) in [7, 11) is 0. The third-order valence-electron chi connectivity index (χ3n) is 2.49. The predicted octanol–water partition coefficient (Wildman–Crippen LogP) is 4.11. The summed E-state index contributed by atoms with van der Waals surface area (Å²) in [6.45, 7) is 8.19. The van der Waals surface area contributed by atoms with Gasteiger partial charge in [0.05, 0.1) is 5.56 Å². The van der Waals surface area contributed by atoms with E-state index in [2.05, 4.69) is 46.9 Å². The summed E-state index contributed by atoms with van der Waals surface area (Å²) in [6, 6.07) is 5.99. The minimum absolute atomic E-state index is 0.123. The van der Waals surface area contributed by atoms with E-state index in [9.17, 15) is 0 Å². The summed E-state index contributed by atoms with van der Waals surface area (Å²) in [4.78, 5) is 0. The molecule has 0 fully saturated rings. The molecule has 2 rings (SSSR count). The fourth-order valence-corrected chi connectivity index (χ4v) is 1.88. The van der Waals surface area contributed by atoms with Crippen molar-refractivity contribution in [3.05, 3.63) is 34.1 Å². The maximum Gasteiger partial charge on any atom is 0.248 e. The molecule has 1 aromatic carbocycles. The van der Waals surface area contributed by atoms with Crippen molar-refractivity contribution in [2.45, 2.75) is 33.1 Å². The Hall–Kier alpha value is -1.16. The Morgan fingerprint density at radius 2 is 1.88 bits per heavy atom. The molecule has 1 heterocycles. The first-order chi connectivity index (χ1) is 7.89. The molecular weight excluding hydrogens is 280 g/mol. The summed E-state index contributed by atoms with van der Waals surface area (Å²) in [5, 5.41) is 8.21. The maximum absolute atomic E-state index is 5.72. The van der Waals surface area contributed by atoms with Crippen molar-refractivity contribution in [1.82, 2.24) is 10.2 Å². The minimum atomic E-state index is -0.123. The van der Waals surface area contributed by atoms with Gasteiger partial charge in [0.15, 0.2) is 0 Å².